The van der Waals surface area contributed by atoms with Crippen molar-refractivity contribution in [2.24, 2.45) is 0 Å². The van der Waals surface area contributed by atoms with Gasteiger partial charge < -0.3 is 5.73 Å². The van der Waals surface area contributed by atoms with Crippen molar-refractivity contribution in [2.45, 2.75) is 20.8 Å². The van der Waals surface area contributed by atoms with E-state index in [2.05, 4.69) is 31.2 Å². The summed E-state index contributed by atoms with van der Waals surface area (Å²) >= 11 is 0. The summed E-state index contributed by atoms with van der Waals surface area (Å²) in [6.45, 7) is 6.11. The number of benzene rings is 2. The van der Waals surface area contributed by atoms with Crippen LogP contribution in [0.15, 0.2) is 36.4 Å². The summed E-state index contributed by atoms with van der Waals surface area (Å²) in [4.78, 5) is 0. The van der Waals surface area contributed by atoms with E-state index in [0.717, 1.165) is 5.69 Å². The van der Waals surface area contributed by atoms with Crippen LogP contribution in [0.5, 0.6) is 0 Å². The van der Waals surface area contributed by atoms with Crippen LogP contribution in [-0.2, 0) is 0 Å². The molecule has 0 aliphatic heterocycles. The van der Waals surface area contributed by atoms with Gasteiger partial charge >= 0.3 is 0 Å². The molecule has 0 amide bonds. The fourth-order valence-electron chi connectivity index (χ4n) is 1.46. The molecule has 0 bridgehead atoms. The third-order valence-corrected chi connectivity index (χ3v) is 2.12. The van der Waals surface area contributed by atoms with Gasteiger partial charge in [-0.25, -0.2) is 0 Å². The van der Waals surface area contributed by atoms with Crippen LogP contribution in [-0.4, -0.2) is 0 Å². The van der Waals surface area contributed by atoms with Crippen molar-refractivity contribution in [1.82, 2.24) is 0 Å². The second kappa shape index (κ2) is 4.66. The Morgan fingerprint density at radius 2 is 1.71 bits per heavy atom. The summed E-state index contributed by atoms with van der Waals surface area (Å²) in [5, 5.41) is 2.50. The zero-order valence-electron chi connectivity index (χ0n) is 9.04. The number of aryl methyl sites for hydroxylation is 1. The fraction of sp³-hybridized carbons (Fsp3) is 0.231. The highest BCUT2D eigenvalue weighted by molar-refractivity contribution is 5.87. The van der Waals surface area contributed by atoms with Crippen molar-refractivity contribution >= 4 is 16.5 Å². The SMILES string of the molecule is CC.Cc1cccc2cc(N)ccc12. The van der Waals surface area contributed by atoms with Crippen LogP contribution < -0.4 is 5.73 Å². The lowest BCUT2D eigenvalue weighted by Crippen LogP contribution is -1.84. The number of nitrogen functional groups attached to an aromatic ring is 1. The molecule has 0 unspecified atom stereocenters. The van der Waals surface area contributed by atoms with Gasteiger partial charge in [0.1, 0.15) is 0 Å². The predicted molar refractivity (Wildman–Crippen MR) is 64.4 cm³/mol. The predicted octanol–water partition coefficient (Wildman–Crippen LogP) is 3.76. The highest BCUT2D eigenvalue weighted by atomic mass is 14.5. The van der Waals surface area contributed by atoms with E-state index >= 15 is 0 Å². The Bertz CT molecular complexity index is 419. The standard InChI is InChI=1S/C11H11N.C2H6/c1-8-3-2-4-9-7-10(12)5-6-11(8)9;1-2/h2-7H,12H2,1H3;1-2H3. The number of nitrogens with two attached hydrogens (primary N) is 1. The molecule has 0 atom stereocenters. The third kappa shape index (κ3) is 2.05. The summed E-state index contributed by atoms with van der Waals surface area (Å²) in [6, 6.07) is 12.3. The monoisotopic (exact) mass is 187 g/mol. The van der Waals surface area contributed by atoms with Crippen molar-refractivity contribution in [3.05, 3.63) is 42.0 Å². The molecule has 74 valence electrons. The Labute approximate surface area is 85.6 Å². The number of anilines is 1. The average Bonchev–Trinajstić information content (AvgIpc) is 2.21. The average molecular weight is 187 g/mol. The molecule has 2 aromatic carbocycles. The molecule has 0 spiro atoms. The summed E-state index contributed by atoms with van der Waals surface area (Å²) in [6.07, 6.45) is 0. The van der Waals surface area contributed by atoms with Gasteiger partial charge in [0.25, 0.3) is 0 Å². The van der Waals surface area contributed by atoms with E-state index < -0.39 is 0 Å². The molecular weight excluding hydrogens is 170 g/mol. The second-order valence-corrected chi connectivity index (χ2v) is 3.06. The van der Waals surface area contributed by atoms with Gasteiger partial charge in [-0.3, -0.25) is 0 Å². The smallest absolute Gasteiger partial charge is 0.0320 e. The van der Waals surface area contributed by atoms with Gasteiger partial charge in [-0.15, -0.1) is 0 Å². The quantitative estimate of drug-likeness (QED) is 0.624. The lowest BCUT2D eigenvalue weighted by molar-refractivity contribution is 1.50. The molecule has 0 fully saturated rings. The molecule has 0 aliphatic rings. The van der Waals surface area contributed by atoms with Crippen LogP contribution >= 0.6 is 0 Å². The Kier molecular flexibility index (Phi) is 3.52. The van der Waals surface area contributed by atoms with Crippen molar-refractivity contribution in [3.63, 3.8) is 0 Å². The van der Waals surface area contributed by atoms with E-state index in [-0.39, 0.29) is 0 Å². The minimum absolute atomic E-state index is 0.827. The minimum atomic E-state index is 0.827. The summed E-state index contributed by atoms with van der Waals surface area (Å²) < 4.78 is 0. The van der Waals surface area contributed by atoms with Gasteiger partial charge in [0, 0.05) is 5.69 Å². The van der Waals surface area contributed by atoms with Crippen LogP contribution in [0.2, 0.25) is 0 Å². The normalized spacial score (nSPS) is 9.36. The first kappa shape index (κ1) is 10.6. The van der Waals surface area contributed by atoms with Crippen molar-refractivity contribution in [1.29, 1.82) is 0 Å². The molecule has 0 saturated carbocycles. The zero-order chi connectivity index (χ0) is 10.6. The minimum Gasteiger partial charge on any atom is -0.399 e. The Morgan fingerprint density at radius 3 is 2.43 bits per heavy atom. The van der Waals surface area contributed by atoms with Crippen LogP contribution in [0.25, 0.3) is 10.8 Å². The Morgan fingerprint density at radius 1 is 1.00 bits per heavy atom. The van der Waals surface area contributed by atoms with Gasteiger partial charge in [0.05, 0.1) is 0 Å². The summed E-state index contributed by atoms with van der Waals surface area (Å²) in [5.74, 6) is 0. The fourth-order valence-corrected chi connectivity index (χ4v) is 1.46. The molecule has 0 saturated heterocycles. The van der Waals surface area contributed by atoms with E-state index in [1.54, 1.807) is 0 Å². The van der Waals surface area contributed by atoms with Crippen molar-refractivity contribution < 1.29 is 0 Å². The molecule has 0 heterocycles. The number of fused-ring (bicyclic) bond motifs is 1. The number of hydrogen-bond acceptors (Lipinski definition) is 1. The molecule has 0 aliphatic carbocycles. The zero-order valence-corrected chi connectivity index (χ0v) is 9.04. The second-order valence-electron chi connectivity index (χ2n) is 3.06. The first-order valence-electron chi connectivity index (χ1n) is 5.02. The highest BCUT2D eigenvalue weighted by Crippen LogP contribution is 2.20. The van der Waals surface area contributed by atoms with Crippen LogP contribution in [0, 0.1) is 6.92 Å². The first-order chi connectivity index (χ1) is 6.77. The van der Waals surface area contributed by atoms with E-state index in [1.807, 2.05) is 26.0 Å². The molecular formula is C13H17N. The van der Waals surface area contributed by atoms with Gasteiger partial charge in [-0.2, -0.15) is 0 Å². The van der Waals surface area contributed by atoms with Gasteiger partial charge in [0.2, 0.25) is 0 Å². The lowest BCUT2D eigenvalue weighted by Gasteiger charge is -2.01. The van der Waals surface area contributed by atoms with Crippen LogP contribution in [0.4, 0.5) is 5.69 Å². The van der Waals surface area contributed by atoms with Crippen molar-refractivity contribution in [2.75, 3.05) is 5.73 Å². The van der Waals surface area contributed by atoms with Crippen LogP contribution in [0.1, 0.15) is 19.4 Å². The summed E-state index contributed by atoms with van der Waals surface area (Å²) in [5.41, 5.74) is 7.80. The van der Waals surface area contributed by atoms with Crippen molar-refractivity contribution in [3.8, 4) is 0 Å². The van der Waals surface area contributed by atoms with E-state index in [9.17, 15) is 0 Å². The lowest BCUT2D eigenvalue weighted by atomic mass is 10.1. The molecule has 2 rings (SSSR count). The highest BCUT2D eigenvalue weighted by Gasteiger charge is 1.95. The van der Waals surface area contributed by atoms with E-state index in [0.29, 0.717) is 0 Å². The van der Waals surface area contributed by atoms with Crippen LogP contribution in [0.3, 0.4) is 0 Å². The molecule has 0 radical (unpaired) electrons. The van der Waals surface area contributed by atoms with E-state index in [4.69, 9.17) is 5.73 Å². The Hall–Kier alpha value is -1.50. The summed E-state index contributed by atoms with van der Waals surface area (Å²) in [7, 11) is 0. The van der Waals surface area contributed by atoms with Gasteiger partial charge in [-0.1, -0.05) is 38.1 Å². The topological polar surface area (TPSA) is 26.0 Å². The van der Waals surface area contributed by atoms with Gasteiger partial charge in [-0.05, 0) is 35.4 Å². The molecule has 1 heteroatoms. The largest absolute Gasteiger partial charge is 0.399 e. The maximum Gasteiger partial charge on any atom is 0.0320 e. The number of rotatable bonds is 0. The number of hydrogen-bond donors (Lipinski definition) is 1. The molecule has 14 heavy (non-hydrogen) atoms. The molecule has 2 N–H and O–H groups in total. The third-order valence-electron chi connectivity index (χ3n) is 2.12. The molecule has 2 aromatic rings. The maximum absolute atomic E-state index is 5.67. The first-order valence-corrected chi connectivity index (χ1v) is 5.02. The maximum atomic E-state index is 5.67. The molecule has 1 nitrogen and oxygen atoms in total. The Balaban J connectivity index is 0.000000461. The van der Waals surface area contributed by atoms with Gasteiger partial charge in [0.15, 0.2) is 0 Å². The van der Waals surface area contributed by atoms with E-state index in [1.165, 1.54) is 16.3 Å². The molecule has 0 aromatic heterocycles.